The Labute approximate surface area is 98.1 Å². The second-order valence-electron chi connectivity index (χ2n) is 0. The van der Waals surface area contributed by atoms with Crippen molar-refractivity contribution in [3.05, 3.63) is 0 Å². The van der Waals surface area contributed by atoms with Crippen LogP contribution in [0, 0.1) is 0 Å². The average Bonchev–Trinajstić information content (AvgIpc) is 1.00. The molecule has 0 spiro atoms. The van der Waals surface area contributed by atoms with E-state index in [1.807, 2.05) is 0 Å². The second-order valence-corrected chi connectivity index (χ2v) is 0. The SMILES string of the molecule is Cl.O.[K][I].[NaH]. The molecule has 0 aliphatic rings. The first-order valence-electron chi connectivity index (χ1n) is 0.378. The summed E-state index contributed by atoms with van der Waals surface area (Å²) in [5, 5.41) is 0. The van der Waals surface area contributed by atoms with E-state index in [1.165, 1.54) is 0 Å². The van der Waals surface area contributed by atoms with Gasteiger partial charge in [-0.25, -0.2) is 0 Å². The first-order chi connectivity index (χ1) is 1.00. The predicted molar refractivity (Wildman–Crippen MR) is 37.8 cm³/mol. The normalized spacial score (nSPS) is 1.40. The second kappa shape index (κ2) is 25.5. The minimum atomic E-state index is 0. The van der Waals surface area contributed by atoms with E-state index in [1.54, 1.807) is 0 Å². The summed E-state index contributed by atoms with van der Waals surface area (Å²) in [5.74, 6) is 0. The van der Waals surface area contributed by atoms with Gasteiger partial charge in [-0.3, -0.25) is 0 Å². The Hall–Kier alpha value is 3.62. The maximum absolute atomic E-state index is 2.34. The van der Waals surface area contributed by atoms with E-state index >= 15 is 0 Å². The summed E-state index contributed by atoms with van der Waals surface area (Å²) >= 11 is 3.37. The van der Waals surface area contributed by atoms with Crippen molar-refractivity contribution >= 4 is 95.9 Å². The van der Waals surface area contributed by atoms with E-state index in [2.05, 4.69) is 11.3 Å². The summed E-state index contributed by atoms with van der Waals surface area (Å²) in [6.45, 7) is 0. The number of rotatable bonds is 0. The van der Waals surface area contributed by atoms with Gasteiger partial charge in [0.05, 0.1) is 0 Å². The van der Waals surface area contributed by atoms with Crippen molar-refractivity contribution in [3.8, 4) is 0 Å². The summed E-state index contributed by atoms with van der Waals surface area (Å²) < 4.78 is 0. The molecule has 0 unspecified atom stereocenters. The third-order valence-corrected chi connectivity index (χ3v) is 0. The zero-order chi connectivity index (χ0) is 2.00. The molecule has 0 aromatic carbocycles. The van der Waals surface area contributed by atoms with Crippen molar-refractivity contribution in [2.24, 2.45) is 0 Å². The van der Waals surface area contributed by atoms with E-state index in [0.29, 0.717) is 0 Å². The van der Waals surface area contributed by atoms with Crippen LogP contribution < -0.4 is 0 Å². The van der Waals surface area contributed by atoms with Crippen LogP contribution in [0.5, 0.6) is 0 Å². The molecule has 0 aliphatic heterocycles. The van der Waals surface area contributed by atoms with Crippen LogP contribution in [0.2, 0.25) is 0 Å². The molecule has 0 aliphatic carbocycles. The van der Waals surface area contributed by atoms with E-state index in [4.69, 9.17) is 0 Å². The Balaban J connectivity index is -0.00000000167. The van der Waals surface area contributed by atoms with Gasteiger partial charge in [-0.2, -0.15) is 0 Å². The van der Waals surface area contributed by atoms with Crippen molar-refractivity contribution in [1.29, 1.82) is 0 Å². The van der Waals surface area contributed by atoms with Gasteiger partial charge in [0.25, 0.3) is 0 Å². The molecule has 0 saturated carbocycles. The molecule has 5 heteroatoms. The molecule has 0 fully saturated rings. The fraction of sp³-hybridized carbons (Fsp3) is 0. The third-order valence-electron chi connectivity index (χ3n) is 0. The summed E-state index contributed by atoms with van der Waals surface area (Å²) in [6, 6.07) is 0. The summed E-state index contributed by atoms with van der Waals surface area (Å²) in [4.78, 5) is 0. The van der Waals surface area contributed by atoms with Gasteiger partial charge < -0.3 is 5.48 Å². The Kier molecular flexibility index (Phi) is 120. The summed E-state index contributed by atoms with van der Waals surface area (Å²) in [6.07, 6.45) is 0. The van der Waals surface area contributed by atoms with Crippen molar-refractivity contribution < 1.29 is 5.48 Å². The number of halogens is 2. The molecule has 0 aromatic heterocycles. The molecule has 1 nitrogen and oxygen atoms in total. The van der Waals surface area contributed by atoms with Crippen LogP contribution >= 0.6 is 23.7 Å². The van der Waals surface area contributed by atoms with Crippen LogP contribution in [0.4, 0.5) is 0 Å². The van der Waals surface area contributed by atoms with Crippen LogP contribution in [0.1, 0.15) is 0 Å². The first-order valence-corrected chi connectivity index (χ1v) is 10.5. The summed E-state index contributed by atoms with van der Waals surface area (Å²) in [5.41, 5.74) is 0. The predicted octanol–water partition coefficient (Wildman–Crippen LogP) is -0.546. The number of hydrogen-bond donors (Lipinski definition) is 0. The van der Waals surface area contributed by atoms with Crippen molar-refractivity contribution in [3.63, 3.8) is 0 Å². The standard InChI is InChI=1S/ClH.HI.K.Na.H2O.H/h2*1H;;;1H2;/q;;+1;;;/p-1. The van der Waals surface area contributed by atoms with E-state index in [0.717, 1.165) is 42.7 Å². The molecule has 2 N–H and O–H groups in total. The van der Waals surface area contributed by atoms with Gasteiger partial charge in [-0.05, 0) is 0 Å². The first kappa shape index (κ1) is 23.5. The number of hydrogen-bond acceptors (Lipinski definition) is 0. The molecular formula is H4ClIKNaO. The Morgan fingerprint density at radius 3 is 1.20 bits per heavy atom. The average molecular weight is 244 g/mol. The summed E-state index contributed by atoms with van der Waals surface area (Å²) in [7, 11) is 0. The van der Waals surface area contributed by atoms with Crippen molar-refractivity contribution in [2.45, 2.75) is 0 Å². The topological polar surface area (TPSA) is 31.5 Å². The molecule has 0 heterocycles. The molecule has 0 rings (SSSR count). The Bertz CT molecular complexity index is 11.6. The zero-order valence-corrected chi connectivity index (χ0v) is 8.38. The fourth-order valence-corrected chi connectivity index (χ4v) is 0. The molecule has 5 heavy (non-hydrogen) atoms. The van der Waals surface area contributed by atoms with Crippen LogP contribution in [0.15, 0.2) is 0 Å². The fourth-order valence-electron chi connectivity index (χ4n) is 0. The van der Waals surface area contributed by atoms with E-state index < -0.39 is 0 Å². The van der Waals surface area contributed by atoms with Crippen molar-refractivity contribution in [1.82, 2.24) is 0 Å². The van der Waals surface area contributed by atoms with Crippen LogP contribution in [-0.4, -0.2) is 77.7 Å². The van der Waals surface area contributed by atoms with Gasteiger partial charge in [-0.1, -0.05) is 0 Å². The van der Waals surface area contributed by atoms with Gasteiger partial charge in [-0.15, -0.1) is 12.4 Å². The molecule has 0 aromatic rings. The molecule has 0 amide bonds. The Morgan fingerprint density at radius 1 is 1.20 bits per heavy atom. The molecule has 26 valence electrons. The van der Waals surface area contributed by atoms with E-state index in [9.17, 15) is 0 Å². The van der Waals surface area contributed by atoms with Gasteiger partial charge in [0, 0.05) is 0 Å². The van der Waals surface area contributed by atoms with Crippen LogP contribution in [0.3, 0.4) is 0 Å². The third kappa shape index (κ3) is 18.4. The van der Waals surface area contributed by atoms with Gasteiger partial charge >= 0.3 is 83.5 Å². The van der Waals surface area contributed by atoms with Gasteiger partial charge in [0.2, 0.25) is 0 Å². The van der Waals surface area contributed by atoms with E-state index in [-0.39, 0.29) is 47.4 Å². The zero-order valence-electron chi connectivity index (χ0n) is 2.29. The molecule has 0 bridgehead atoms. The molecule has 0 atom stereocenters. The Morgan fingerprint density at radius 2 is 1.20 bits per heavy atom. The minimum absolute atomic E-state index is 0. The monoisotopic (exact) mass is 244 g/mol. The molecular weight excluding hydrogens is 240 g/mol. The van der Waals surface area contributed by atoms with Crippen LogP contribution in [0.25, 0.3) is 0 Å². The quantitative estimate of drug-likeness (QED) is 0.405. The molecule has 0 saturated heterocycles. The molecule has 0 radical (unpaired) electrons. The van der Waals surface area contributed by atoms with Crippen molar-refractivity contribution in [2.75, 3.05) is 0 Å². The van der Waals surface area contributed by atoms with Gasteiger partial charge in [0.1, 0.15) is 0 Å². The van der Waals surface area contributed by atoms with Crippen LogP contribution in [-0.2, 0) is 0 Å². The van der Waals surface area contributed by atoms with Gasteiger partial charge in [0.15, 0.2) is 0 Å². The maximum atomic E-state index is 2.34.